The zero-order valence-corrected chi connectivity index (χ0v) is 17.7. The second-order valence-corrected chi connectivity index (χ2v) is 7.24. The van der Waals surface area contributed by atoms with Crippen LogP contribution in [-0.4, -0.2) is 55.1 Å². The van der Waals surface area contributed by atoms with E-state index in [0.29, 0.717) is 31.8 Å². The molecule has 3 N–H and O–H groups in total. The first kappa shape index (κ1) is 24.4. The van der Waals surface area contributed by atoms with E-state index in [2.05, 4.69) is 5.32 Å². The van der Waals surface area contributed by atoms with Crippen LogP contribution in [0.25, 0.3) is 0 Å². The number of nitrogens with two attached hydrogens (primary N) is 1. The Kier molecular flexibility index (Phi) is 11.1. The molecule has 0 saturated carbocycles. The molecule has 0 aliphatic carbocycles. The molecule has 0 bridgehead atoms. The molecule has 2 atom stereocenters. The Morgan fingerprint density at radius 1 is 1.25 bits per heavy atom. The Balaban J connectivity index is 0.00000392. The lowest BCUT2D eigenvalue weighted by Gasteiger charge is -2.35. The van der Waals surface area contributed by atoms with Gasteiger partial charge in [-0.15, -0.1) is 12.4 Å². The van der Waals surface area contributed by atoms with Gasteiger partial charge in [-0.25, -0.2) is 0 Å². The van der Waals surface area contributed by atoms with E-state index < -0.39 is 6.04 Å². The van der Waals surface area contributed by atoms with Crippen LogP contribution in [0.15, 0.2) is 30.3 Å². The highest BCUT2D eigenvalue weighted by Gasteiger charge is 2.32. The maximum Gasteiger partial charge on any atom is 0.251 e. The smallest absolute Gasteiger partial charge is 0.251 e. The summed E-state index contributed by atoms with van der Waals surface area (Å²) in [4.78, 5) is 27.5. The fraction of sp³-hybridized carbons (Fsp3) is 0.619. The molecule has 2 rings (SSSR count). The van der Waals surface area contributed by atoms with Crippen molar-refractivity contribution in [2.75, 3.05) is 26.2 Å². The molecule has 158 valence electrons. The minimum absolute atomic E-state index is 0. The van der Waals surface area contributed by atoms with Crippen LogP contribution in [0, 0.1) is 5.92 Å². The quantitative estimate of drug-likeness (QED) is 0.611. The number of carbonyl (C=O) groups excluding carboxylic acids is 2. The Morgan fingerprint density at radius 2 is 1.89 bits per heavy atom. The van der Waals surface area contributed by atoms with Crippen molar-refractivity contribution in [3.63, 3.8) is 0 Å². The molecule has 1 aliphatic rings. The molecule has 1 fully saturated rings. The van der Waals surface area contributed by atoms with Gasteiger partial charge in [-0.3, -0.25) is 9.59 Å². The molecule has 7 heteroatoms. The summed E-state index contributed by atoms with van der Waals surface area (Å²) in [5.41, 5.74) is 6.07. The van der Waals surface area contributed by atoms with E-state index >= 15 is 0 Å². The molecule has 1 aromatic rings. The molecule has 1 aromatic carbocycles. The van der Waals surface area contributed by atoms with E-state index in [1.54, 1.807) is 12.1 Å². The van der Waals surface area contributed by atoms with Gasteiger partial charge >= 0.3 is 0 Å². The second-order valence-electron chi connectivity index (χ2n) is 7.24. The van der Waals surface area contributed by atoms with Crippen LogP contribution in [0.2, 0.25) is 0 Å². The number of ether oxygens (including phenoxy) is 1. The minimum Gasteiger partial charge on any atom is -0.378 e. The zero-order valence-electron chi connectivity index (χ0n) is 16.9. The second kappa shape index (κ2) is 12.8. The Bertz CT molecular complexity index is 592. The maximum absolute atomic E-state index is 13.1. The lowest BCUT2D eigenvalue weighted by molar-refractivity contribution is -0.137. The normalized spacial score (nSPS) is 16.8. The van der Waals surface area contributed by atoms with Crippen molar-refractivity contribution in [1.29, 1.82) is 0 Å². The largest absolute Gasteiger partial charge is 0.378 e. The Hall–Kier alpha value is -1.63. The molecule has 1 saturated heterocycles. The van der Waals surface area contributed by atoms with E-state index in [4.69, 9.17) is 10.5 Å². The summed E-state index contributed by atoms with van der Waals surface area (Å²) in [5.74, 6) is -0.119. The van der Waals surface area contributed by atoms with Crippen molar-refractivity contribution < 1.29 is 14.3 Å². The van der Waals surface area contributed by atoms with Gasteiger partial charge in [0.1, 0.15) is 6.04 Å². The van der Waals surface area contributed by atoms with Crippen LogP contribution in [0.3, 0.4) is 0 Å². The third-order valence-electron chi connectivity index (χ3n) is 5.26. The van der Waals surface area contributed by atoms with Crippen molar-refractivity contribution in [2.45, 2.75) is 51.7 Å². The molecule has 28 heavy (non-hydrogen) atoms. The fourth-order valence-electron chi connectivity index (χ4n) is 3.27. The monoisotopic (exact) mass is 411 g/mol. The summed E-state index contributed by atoms with van der Waals surface area (Å²) in [7, 11) is 0. The highest BCUT2D eigenvalue weighted by molar-refractivity contribution is 5.97. The predicted octanol–water partition coefficient (Wildman–Crippen LogP) is 2.61. The number of rotatable bonds is 9. The molecule has 0 radical (unpaired) electrons. The van der Waals surface area contributed by atoms with Crippen molar-refractivity contribution in [2.24, 2.45) is 11.7 Å². The van der Waals surface area contributed by atoms with E-state index in [1.807, 2.05) is 36.9 Å². The highest BCUT2D eigenvalue weighted by Crippen LogP contribution is 2.18. The van der Waals surface area contributed by atoms with Crippen LogP contribution in [0.1, 0.15) is 49.9 Å². The van der Waals surface area contributed by atoms with Gasteiger partial charge in [0.2, 0.25) is 5.91 Å². The summed E-state index contributed by atoms with van der Waals surface area (Å²) < 4.78 is 5.82. The summed E-state index contributed by atoms with van der Waals surface area (Å²) in [6.07, 6.45) is 3.54. The van der Waals surface area contributed by atoms with Gasteiger partial charge in [0.15, 0.2) is 0 Å². The summed E-state index contributed by atoms with van der Waals surface area (Å²) in [5, 5.41) is 2.96. The molecule has 1 heterocycles. The first-order valence-electron chi connectivity index (χ1n) is 10.0. The van der Waals surface area contributed by atoms with E-state index in [1.165, 1.54) is 0 Å². The number of likely N-dealkylation sites (tertiary alicyclic amines) is 1. The summed E-state index contributed by atoms with van der Waals surface area (Å²) >= 11 is 0. The van der Waals surface area contributed by atoms with Crippen LogP contribution < -0.4 is 11.1 Å². The number of hydrogen-bond acceptors (Lipinski definition) is 4. The average molecular weight is 412 g/mol. The molecular weight excluding hydrogens is 378 g/mol. The minimum atomic E-state index is -0.502. The van der Waals surface area contributed by atoms with Gasteiger partial charge in [-0.1, -0.05) is 38.5 Å². The van der Waals surface area contributed by atoms with E-state index in [9.17, 15) is 9.59 Å². The number of amides is 2. The molecule has 6 nitrogen and oxygen atoms in total. The van der Waals surface area contributed by atoms with Gasteiger partial charge in [-0.05, 0) is 43.9 Å². The van der Waals surface area contributed by atoms with Crippen LogP contribution >= 0.6 is 12.4 Å². The summed E-state index contributed by atoms with van der Waals surface area (Å²) in [6, 6.07) is 8.54. The highest BCUT2D eigenvalue weighted by atomic mass is 35.5. The molecule has 2 amide bonds. The molecular formula is C21H34ClN3O3. The van der Waals surface area contributed by atoms with Crippen LogP contribution in [0.5, 0.6) is 0 Å². The standard InChI is InChI=1S/C21H33N3O3.ClH/c1-3-16(2)19(23-20(25)17-8-5-4-6-9-17)21(26)24-13-10-18(11-14-24)27-15-7-12-22;/h4-6,8-9,16,18-19H,3,7,10-15,22H2,1-2H3,(H,23,25);1H. The van der Waals surface area contributed by atoms with E-state index in [0.717, 1.165) is 25.7 Å². The molecule has 0 spiro atoms. The van der Waals surface area contributed by atoms with Crippen molar-refractivity contribution in [3.8, 4) is 0 Å². The van der Waals surface area contributed by atoms with Crippen molar-refractivity contribution >= 4 is 24.2 Å². The zero-order chi connectivity index (χ0) is 19.6. The number of benzene rings is 1. The molecule has 1 aliphatic heterocycles. The lowest BCUT2D eigenvalue weighted by atomic mass is 9.96. The number of nitrogens with one attached hydrogen (secondary N) is 1. The Morgan fingerprint density at radius 3 is 2.46 bits per heavy atom. The van der Waals surface area contributed by atoms with E-state index in [-0.39, 0.29) is 36.2 Å². The topological polar surface area (TPSA) is 84.7 Å². The van der Waals surface area contributed by atoms with Gasteiger partial charge in [0.25, 0.3) is 5.91 Å². The van der Waals surface area contributed by atoms with Crippen LogP contribution in [0.4, 0.5) is 0 Å². The first-order valence-corrected chi connectivity index (χ1v) is 10.0. The first-order chi connectivity index (χ1) is 13.1. The van der Waals surface area contributed by atoms with Crippen molar-refractivity contribution in [3.05, 3.63) is 35.9 Å². The van der Waals surface area contributed by atoms with Gasteiger partial charge in [0.05, 0.1) is 6.10 Å². The third-order valence-corrected chi connectivity index (χ3v) is 5.26. The van der Waals surface area contributed by atoms with Gasteiger partial charge in [-0.2, -0.15) is 0 Å². The Labute approximate surface area is 174 Å². The lowest BCUT2D eigenvalue weighted by Crippen LogP contribution is -2.53. The van der Waals surface area contributed by atoms with Gasteiger partial charge < -0.3 is 20.7 Å². The molecule has 0 aromatic heterocycles. The van der Waals surface area contributed by atoms with Gasteiger partial charge in [0, 0.05) is 25.3 Å². The number of hydrogen-bond donors (Lipinski definition) is 2. The predicted molar refractivity (Wildman–Crippen MR) is 114 cm³/mol. The fourth-order valence-corrected chi connectivity index (χ4v) is 3.27. The maximum atomic E-state index is 13.1. The number of nitrogens with zero attached hydrogens (tertiary/aromatic N) is 1. The number of piperidine rings is 1. The third kappa shape index (κ3) is 7.08. The summed E-state index contributed by atoms with van der Waals surface area (Å²) in [6.45, 7) is 6.70. The SMILES string of the molecule is CCC(C)C(NC(=O)c1ccccc1)C(=O)N1CCC(OCCCN)CC1.Cl. The molecule has 2 unspecified atom stereocenters. The number of carbonyl (C=O) groups is 2. The average Bonchev–Trinajstić information content (AvgIpc) is 2.72. The van der Waals surface area contributed by atoms with Crippen LogP contribution in [-0.2, 0) is 9.53 Å². The number of halogens is 1. The van der Waals surface area contributed by atoms with Crippen molar-refractivity contribution in [1.82, 2.24) is 10.2 Å².